The van der Waals surface area contributed by atoms with Crippen molar-refractivity contribution in [3.63, 3.8) is 0 Å². The second kappa shape index (κ2) is 7.45. The number of aliphatic hydroxyl groups is 1. The fraction of sp³-hybridized carbons (Fsp3) is 0.417. The molecule has 2 rings (SSSR count). The summed E-state index contributed by atoms with van der Waals surface area (Å²) in [5.41, 5.74) is 0.964. The summed E-state index contributed by atoms with van der Waals surface area (Å²) < 4.78 is 0.870. The number of nitrogens with one attached hydrogen (secondary N) is 2. The number of aliphatic hydroxyl groups excluding tert-OH is 1. The van der Waals surface area contributed by atoms with Crippen molar-refractivity contribution in [2.45, 2.75) is 25.1 Å². The molecule has 2 atom stereocenters. The first-order chi connectivity index (χ1) is 8.56. The van der Waals surface area contributed by atoms with E-state index < -0.39 is 6.10 Å². The molecule has 19 heavy (non-hydrogen) atoms. The molecule has 0 radical (unpaired) electrons. The number of hydrogen-bond acceptors (Lipinski definition) is 3. The van der Waals surface area contributed by atoms with Crippen LogP contribution >= 0.6 is 39.9 Å². The highest BCUT2D eigenvalue weighted by molar-refractivity contribution is 9.10. The zero-order valence-corrected chi connectivity index (χ0v) is 13.2. The van der Waals surface area contributed by atoms with E-state index in [1.807, 2.05) is 6.07 Å². The smallest absolute Gasteiger partial charge is 0.237 e. The van der Waals surface area contributed by atoms with Gasteiger partial charge in [0.05, 0.1) is 12.1 Å². The Morgan fingerprint density at radius 1 is 1.58 bits per heavy atom. The van der Waals surface area contributed by atoms with Crippen molar-refractivity contribution in [2.75, 3.05) is 6.54 Å². The fourth-order valence-electron chi connectivity index (χ4n) is 1.89. The molecule has 0 aromatic heterocycles. The van der Waals surface area contributed by atoms with Gasteiger partial charge in [0.2, 0.25) is 5.91 Å². The maximum atomic E-state index is 11.8. The van der Waals surface area contributed by atoms with Gasteiger partial charge in [-0.3, -0.25) is 4.79 Å². The minimum absolute atomic E-state index is 0. The maximum absolute atomic E-state index is 11.8. The highest BCUT2D eigenvalue weighted by Gasteiger charge is 2.27. The van der Waals surface area contributed by atoms with E-state index in [0.717, 1.165) is 10.0 Å². The van der Waals surface area contributed by atoms with Gasteiger partial charge in [0.25, 0.3) is 0 Å². The van der Waals surface area contributed by atoms with Crippen LogP contribution < -0.4 is 10.6 Å². The van der Waals surface area contributed by atoms with E-state index in [1.165, 1.54) is 0 Å². The van der Waals surface area contributed by atoms with Gasteiger partial charge in [-0.15, -0.1) is 12.4 Å². The second-order valence-electron chi connectivity index (χ2n) is 4.30. The van der Waals surface area contributed by atoms with E-state index in [4.69, 9.17) is 11.6 Å². The van der Waals surface area contributed by atoms with Crippen LogP contribution in [-0.4, -0.2) is 29.7 Å². The molecule has 4 nitrogen and oxygen atoms in total. The minimum atomic E-state index is -0.428. The van der Waals surface area contributed by atoms with E-state index >= 15 is 0 Å². The predicted molar refractivity (Wildman–Crippen MR) is 80.7 cm³/mol. The number of amides is 1. The average Bonchev–Trinajstić information content (AvgIpc) is 2.74. The molecule has 0 aliphatic carbocycles. The first kappa shape index (κ1) is 16.7. The molecular weight excluding hydrogens is 355 g/mol. The molecule has 1 heterocycles. The van der Waals surface area contributed by atoms with Crippen LogP contribution in [0.15, 0.2) is 22.7 Å². The molecule has 1 saturated heterocycles. The van der Waals surface area contributed by atoms with Crippen molar-refractivity contribution in [2.24, 2.45) is 0 Å². The molecule has 7 heteroatoms. The molecule has 1 aromatic rings. The summed E-state index contributed by atoms with van der Waals surface area (Å²) in [5, 5.41) is 15.8. The van der Waals surface area contributed by atoms with E-state index in [2.05, 4.69) is 26.6 Å². The molecule has 106 valence electrons. The molecule has 1 aliphatic heterocycles. The third-order valence-corrected chi connectivity index (χ3v) is 3.87. The lowest BCUT2D eigenvalue weighted by Crippen LogP contribution is -2.40. The van der Waals surface area contributed by atoms with E-state index in [0.29, 0.717) is 24.5 Å². The SMILES string of the molecule is Cl.O=C(NCc1ccc(Cl)cc1Br)[C@@H]1C[C@@H](O)CN1. The van der Waals surface area contributed by atoms with Crippen LogP contribution in [0.1, 0.15) is 12.0 Å². The standard InChI is InChI=1S/C12H14BrClN2O2.ClH/c13-10-3-8(14)2-1-7(10)5-16-12(18)11-4-9(17)6-15-11;/h1-3,9,11,15,17H,4-6H2,(H,16,18);1H/t9-,11+;/m1./s1. The van der Waals surface area contributed by atoms with Gasteiger partial charge in [0, 0.05) is 22.6 Å². The summed E-state index contributed by atoms with van der Waals surface area (Å²) in [4.78, 5) is 11.8. The van der Waals surface area contributed by atoms with Crippen molar-refractivity contribution in [1.82, 2.24) is 10.6 Å². The van der Waals surface area contributed by atoms with Crippen LogP contribution in [-0.2, 0) is 11.3 Å². The summed E-state index contributed by atoms with van der Waals surface area (Å²) in [6.45, 7) is 0.910. The van der Waals surface area contributed by atoms with Crippen molar-refractivity contribution >= 4 is 45.8 Å². The number of halogens is 3. The number of benzene rings is 1. The number of carbonyl (C=O) groups is 1. The van der Waals surface area contributed by atoms with Crippen molar-refractivity contribution in [3.05, 3.63) is 33.3 Å². The van der Waals surface area contributed by atoms with Gasteiger partial charge in [-0.05, 0) is 24.1 Å². The molecule has 1 fully saturated rings. The Morgan fingerprint density at radius 3 is 2.89 bits per heavy atom. The number of β-amino-alcohol motifs (C(OH)–C–C–N with tert-alkyl or cyclic N) is 1. The molecule has 1 aromatic carbocycles. The molecule has 0 saturated carbocycles. The number of carbonyl (C=O) groups excluding carboxylic acids is 1. The third-order valence-electron chi connectivity index (χ3n) is 2.89. The van der Waals surface area contributed by atoms with Crippen molar-refractivity contribution < 1.29 is 9.90 Å². The fourth-order valence-corrected chi connectivity index (χ4v) is 2.71. The molecule has 3 N–H and O–H groups in total. The number of hydrogen-bond donors (Lipinski definition) is 3. The van der Waals surface area contributed by atoms with Gasteiger partial charge in [0.1, 0.15) is 0 Å². The topological polar surface area (TPSA) is 61.4 Å². The average molecular weight is 370 g/mol. The van der Waals surface area contributed by atoms with E-state index in [9.17, 15) is 9.90 Å². The lowest BCUT2D eigenvalue weighted by atomic mass is 10.2. The van der Waals surface area contributed by atoms with Crippen LogP contribution in [0.4, 0.5) is 0 Å². The Hall–Kier alpha value is -0.330. The first-order valence-corrected chi connectivity index (χ1v) is 6.86. The Labute approximate surface area is 131 Å². The zero-order chi connectivity index (χ0) is 13.1. The maximum Gasteiger partial charge on any atom is 0.237 e. The summed E-state index contributed by atoms with van der Waals surface area (Å²) >= 11 is 9.24. The zero-order valence-electron chi connectivity index (χ0n) is 10.0. The predicted octanol–water partition coefficient (Wildman–Crippen LogP) is 1.86. The van der Waals surface area contributed by atoms with Gasteiger partial charge < -0.3 is 15.7 Å². The van der Waals surface area contributed by atoms with Crippen LogP contribution in [0, 0.1) is 0 Å². The van der Waals surface area contributed by atoms with Gasteiger partial charge in [0.15, 0.2) is 0 Å². The van der Waals surface area contributed by atoms with Crippen LogP contribution in [0.25, 0.3) is 0 Å². The number of rotatable bonds is 3. The van der Waals surface area contributed by atoms with Gasteiger partial charge >= 0.3 is 0 Å². The minimum Gasteiger partial charge on any atom is -0.392 e. The van der Waals surface area contributed by atoms with Crippen molar-refractivity contribution in [1.29, 1.82) is 0 Å². The first-order valence-electron chi connectivity index (χ1n) is 5.69. The van der Waals surface area contributed by atoms with Crippen LogP contribution in [0.2, 0.25) is 5.02 Å². The summed E-state index contributed by atoms with van der Waals surface area (Å²) in [6.07, 6.45) is 0.0381. The van der Waals surface area contributed by atoms with Gasteiger partial charge in [-0.25, -0.2) is 0 Å². The summed E-state index contributed by atoms with van der Waals surface area (Å²) in [7, 11) is 0. The molecule has 1 aliphatic rings. The van der Waals surface area contributed by atoms with E-state index in [1.54, 1.807) is 12.1 Å². The molecular formula is C12H15BrCl2N2O2. The van der Waals surface area contributed by atoms with Gasteiger partial charge in [-0.2, -0.15) is 0 Å². The van der Waals surface area contributed by atoms with Gasteiger partial charge in [-0.1, -0.05) is 33.6 Å². The second-order valence-corrected chi connectivity index (χ2v) is 5.59. The van der Waals surface area contributed by atoms with Crippen LogP contribution in [0.3, 0.4) is 0 Å². The van der Waals surface area contributed by atoms with Crippen LogP contribution in [0.5, 0.6) is 0 Å². The van der Waals surface area contributed by atoms with E-state index in [-0.39, 0.29) is 24.4 Å². The molecule has 0 spiro atoms. The Morgan fingerprint density at radius 2 is 2.32 bits per heavy atom. The lowest BCUT2D eigenvalue weighted by Gasteiger charge is -2.12. The molecule has 0 unspecified atom stereocenters. The Balaban J connectivity index is 0.00000180. The highest BCUT2D eigenvalue weighted by atomic mass is 79.9. The van der Waals surface area contributed by atoms with Crippen molar-refractivity contribution in [3.8, 4) is 0 Å². The monoisotopic (exact) mass is 368 g/mol. The molecule has 0 bridgehead atoms. The quantitative estimate of drug-likeness (QED) is 0.762. The summed E-state index contributed by atoms with van der Waals surface area (Å²) in [6, 6.07) is 5.14. The Kier molecular flexibility index (Phi) is 6.56. The Bertz CT molecular complexity index is 459. The summed E-state index contributed by atoms with van der Waals surface area (Å²) in [5.74, 6) is -0.0894. The third kappa shape index (κ3) is 4.61. The normalized spacial score (nSPS) is 21.8. The lowest BCUT2D eigenvalue weighted by molar-refractivity contribution is -0.123. The molecule has 1 amide bonds. The largest absolute Gasteiger partial charge is 0.392 e. The highest BCUT2D eigenvalue weighted by Crippen LogP contribution is 2.21.